The molecular formula is C34H26F6N4O10. The molecule has 4 N–H and O–H groups in total. The van der Waals surface area contributed by atoms with E-state index in [9.17, 15) is 65.9 Å². The van der Waals surface area contributed by atoms with E-state index in [2.05, 4.69) is 9.69 Å². The van der Waals surface area contributed by atoms with Crippen LogP contribution in [0.5, 0.6) is 0 Å². The monoisotopic (exact) mass is 764 g/mol. The highest BCUT2D eigenvalue weighted by molar-refractivity contribution is 6.24. The summed E-state index contributed by atoms with van der Waals surface area (Å²) in [5.41, 5.74) is -7.42. The lowest BCUT2D eigenvalue weighted by molar-refractivity contribution is -0.137. The average molecular weight is 765 g/mol. The second kappa shape index (κ2) is 11.8. The second-order valence-electron chi connectivity index (χ2n) is 14.1. The molecule has 20 heteroatoms. The van der Waals surface area contributed by atoms with E-state index in [1.807, 2.05) is 0 Å². The quantitative estimate of drug-likeness (QED) is 0.202. The van der Waals surface area contributed by atoms with Crippen LogP contribution in [0, 0.1) is 36.8 Å². The number of amides is 4. The van der Waals surface area contributed by atoms with Crippen LogP contribution < -0.4 is 9.80 Å². The number of carbonyl (C=O) groups excluding carboxylic acids is 4. The minimum atomic E-state index is -4.84. The molecule has 6 fully saturated rings. The van der Waals surface area contributed by atoms with E-state index in [0.29, 0.717) is 21.9 Å². The summed E-state index contributed by atoms with van der Waals surface area (Å²) in [4.78, 5) is 58.2. The number of carbonyl (C=O) groups is 4. The zero-order valence-electron chi connectivity index (χ0n) is 27.5. The van der Waals surface area contributed by atoms with Crippen molar-refractivity contribution in [2.75, 3.05) is 9.80 Å². The number of fused-ring (bicyclic) bond motifs is 10. The van der Waals surface area contributed by atoms with Crippen LogP contribution in [0.3, 0.4) is 0 Å². The van der Waals surface area contributed by atoms with Crippen molar-refractivity contribution in [3.63, 3.8) is 0 Å². The number of aliphatic hydroxyl groups excluding tert-OH is 4. The summed E-state index contributed by atoms with van der Waals surface area (Å²) in [5.74, 6) is -7.59. The molecule has 6 saturated heterocycles. The first-order chi connectivity index (χ1) is 25.0. The zero-order chi connectivity index (χ0) is 39.8. The smallest absolute Gasteiger partial charge is 0.388 e. The van der Waals surface area contributed by atoms with Crippen LogP contribution in [0.15, 0.2) is 36.4 Å². The summed E-state index contributed by atoms with van der Waals surface area (Å²) in [5, 5.41) is 40.4. The summed E-state index contributed by atoms with van der Waals surface area (Å²) in [6.45, 7) is 16.5. The van der Waals surface area contributed by atoms with Gasteiger partial charge in [0, 0.05) is 11.4 Å². The summed E-state index contributed by atoms with van der Waals surface area (Å²) >= 11 is 0. The molecule has 0 aromatic heterocycles. The number of nitrogens with zero attached hydrogens (tertiary/aromatic N) is 4. The molecule has 0 spiro atoms. The Morgan fingerprint density at radius 1 is 0.630 bits per heavy atom. The normalized spacial score (nSPS) is 37.7. The Bertz CT molecular complexity index is 1970. The van der Waals surface area contributed by atoms with Gasteiger partial charge in [0.1, 0.15) is 35.6 Å². The van der Waals surface area contributed by atoms with Crippen molar-refractivity contribution in [3.8, 4) is 0 Å². The molecule has 0 aliphatic carbocycles. The lowest BCUT2D eigenvalue weighted by atomic mass is 9.71. The van der Waals surface area contributed by atoms with E-state index < -0.39 is 130 Å². The molecule has 4 bridgehead atoms. The minimum absolute atomic E-state index is 0.314. The van der Waals surface area contributed by atoms with Gasteiger partial charge >= 0.3 is 12.4 Å². The van der Waals surface area contributed by atoms with Gasteiger partial charge < -0.3 is 29.9 Å². The van der Waals surface area contributed by atoms with Crippen LogP contribution in [0.4, 0.5) is 49.1 Å². The number of hydrogen-bond donors (Lipinski definition) is 4. The summed E-state index contributed by atoms with van der Waals surface area (Å²) in [6, 6.07) is 5.16. The Hall–Kier alpha value is -4.96. The molecule has 6 heterocycles. The second-order valence-corrected chi connectivity index (χ2v) is 14.1. The maximum atomic E-state index is 13.2. The van der Waals surface area contributed by atoms with Gasteiger partial charge in [0.25, 0.3) is 0 Å². The number of ether oxygens (including phenoxy) is 2. The van der Waals surface area contributed by atoms with Crippen molar-refractivity contribution in [3.05, 3.63) is 70.4 Å². The maximum absolute atomic E-state index is 13.2. The van der Waals surface area contributed by atoms with E-state index in [4.69, 9.17) is 22.6 Å². The van der Waals surface area contributed by atoms with Crippen LogP contribution >= 0.6 is 0 Å². The number of hydrogen-bond acceptors (Lipinski definition) is 10. The number of benzene rings is 2. The first-order valence-electron chi connectivity index (χ1n) is 16.1. The average Bonchev–Trinajstić information content (AvgIpc) is 3.87. The van der Waals surface area contributed by atoms with E-state index in [0.717, 1.165) is 24.3 Å². The fourth-order valence-corrected chi connectivity index (χ4v) is 8.72. The van der Waals surface area contributed by atoms with Crippen LogP contribution in [0.25, 0.3) is 9.69 Å². The third-order valence-electron chi connectivity index (χ3n) is 11.2. The summed E-state index contributed by atoms with van der Waals surface area (Å²) < 4.78 is 90.2. The third kappa shape index (κ3) is 4.87. The van der Waals surface area contributed by atoms with Gasteiger partial charge in [-0.25, -0.2) is 19.5 Å². The van der Waals surface area contributed by atoms with Crippen molar-refractivity contribution in [1.82, 2.24) is 0 Å². The molecule has 12 atom stereocenters. The van der Waals surface area contributed by atoms with Gasteiger partial charge in [0.05, 0.1) is 60.2 Å². The number of aliphatic hydroxyl groups is 4. The Kier molecular flexibility index (Phi) is 8.14. The predicted molar refractivity (Wildman–Crippen MR) is 165 cm³/mol. The van der Waals surface area contributed by atoms with Crippen molar-refractivity contribution < 1.29 is 75.4 Å². The standard InChI is InChI=1S/2C17H13F3N2O5/c2*1-16-10-9(12(27-16)11(23)13(16)24)14(25)22(15(10)26)6-3-4-8(21-2)7(5-6)17(18,19)20/h2*3-5,9-13,23-24H,1H3/t9-,10-,11+,12?,13+,16?;9-,10-,11-,12?,13-,16?/m00/s1. The largest absolute Gasteiger partial charge is 0.407 e. The van der Waals surface area contributed by atoms with Gasteiger partial charge in [-0.2, -0.15) is 26.3 Å². The molecule has 6 aliphatic rings. The minimum Gasteiger partial charge on any atom is -0.388 e. The topological polar surface area (TPSA) is 183 Å². The van der Waals surface area contributed by atoms with Crippen LogP contribution in [0.1, 0.15) is 25.0 Å². The van der Waals surface area contributed by atoms with Gasteiger partial charge in [-0.15, -0.1) is 0 Å². The SMILES string of the molecule is [C-]#[N+]c1ccc(N2C(=O)[C@@H]3C4OC(C)([C@@H]3C2=O)[C@@H](O)[C@H]4O)cc1C(F)(F)F.[C-]#[N+]c1ccc(N2C(=O)[C@@H]3C4OC(C)([C@H](O)[C@@H]4O)[C@@H]3C2=O)cc1C(F)(F)F. The molecular weight excluding hydrogens is 738 g/mol. The van der Waals surface area contributed by atoms with Crippen LogP contribution in [-0.4, -0.2) is 91.9 Å². The lowest BCUT2D eigenvalue weighted by Gasteiger charge is -2.33. The Morgan fingerprint density at radius 3 is 1.26 bits per heavy atom. The molecule has 0 saturated carbocycles. The van der Waals surface area contributed by atoms with Gasteiger partial charge in [0.15, 0.2) is 11.4 Å². The highest BCUT2D eigenvalue weighted by Gasteiger charge is 2.75. The third-order valence-corrected chi connectivity index (χ3v) is 11.2. The van der Waals surface area contributed by atoms with Crippen molar-refractivity contribution in [2.24, 2.45) is 23.7 Å². The van der Waals surface area contributed by atoms with Crippen molar-refractivity contribution >= 4 is 46.4 Å². The predicted octanol–water partition coefficient (Wildman–Crippen LogP) is 2.51. The number of halogens is 6. The molecule has 2 aromatic rings. The lowest BCUT2D eigenvalue weighted by Crippen LogP contribution is -2.53. The molecule has 6 aliphatic heterocycles. The fraction of sp³-hybridized carbons (Fsp3) is 0.471. The molecule has 284 valence electrons. The summed E-state index contributed by atoms with van der Waals surface area (Å²) in [6.07, 6.45) is -17.4. The molecule has 8 rings (SSSR count). The molecule has 4 unspecified atom stereocenters. The Balaban J connectivity index is 0.000000167. The molecule has 4 amide bonds. The maximum Gasteiger partial charge on any atom is 0.407 e. The van der Waals surface area contributed by atoms with Gasteiger partial charge in [-0.3, -0.25) is 19.2 Å². The highest BCUT2D eigenvalue weighted by atomic mass is 19.4. The first-order valence-corrected chi connectivity index (χ1v) is 16.1. The number of alkyl halides is 6. The van der Waals surface area contributed by atoms with Crippen LogP contribution in [-0.2, 0) is 41.0 Å². The zero-order valence-corrected chi connectivity index (χ0v) is 27.5. The van der Waals surface area contributed by atoms with Gasteiger partial charge in [-0.05, 0) is 38.1 Å². The Labute approximate surface area is 299 Å². The van der Waals surface area contributed by atoms with Crippen LogP contribution in [0.2, 0.25) is 0 Å². The number of imide groups is 2. The van der Waals surface area contributed by atoms with Crippen molar-refractivity contribution in [2.45, 2.75) is 74.0 Å². The first kappa shape index (κ1) is 37.4. The van der Waals surface area contributed by atoms with Gasteiger partial charge in [-0.1, -0.05) is 12.1 Å². The molecule has 54 heavy (non-hydrogen) atoms. The van der Waals surface area contributed by atoms with E-state index in [-0.39, 0.29) is 11.4 Å². The number of rotatable bonds is 2. The highest BCUT2D eigenvalue weighted by Crippen LogP contribution is 2.57. The molecule has 14 nitrogen and oxygen atoms in total. The van der Waals surface area contributed by atoms with Gasteiger partial charge in [0.2, 0.25) is 23.6 Å². The molecule has 0 radical (unpaired) electrons. The van der Waals surface area contributed by atoms with Crippen molar-refractivity contribution in [1.29, 1.82) is 0 Å². The Morgan fingerprint density at radius 2 is 0.963 bits per heavy atom. The molecule has 2 aromatic carbocycles. The number of anilines is 2. The summed E-state index contributed by atoms with van der Waals surface area (Å²) in [7, 11) is 0. The van der Waals surface area contributed by atoms with E-state index in [1.54, 1.807) is 0 Å². The fourth-order valence-electron chi connectivity index (χ4n) is 8.72. The van der Waals surface area contributed by atoms with E-state index in [1.165, 1.54) is 13.8 Å². The van der Waals surface area contributed by atoms with E-state index >= 15 is 0 Å².